The van der Waals surface area contributed by atoms with Crippen LogP contribution in [0.5, 0.6) is 0 Å². The lowest BCUT2D eigenvalue weighted by Crippen LogP contribution is -2.51. The van der Waals surface area contributed by atoms with E-state index in [2.05, 4.69) is 25.7 Å². The number of hydrogen-bond acceptors (Lipinski definition) is 4. The van der Waals surface area contributed by atoms with E-state index in [1.165, 1.54) is 6.08 Å². The summed E-state index contributed by atoms with van der Waals surface area (Å²) >= 11 is 0. The molecule has 0 rings (SSSR count). The van der Waals surface area contributed by atoms with E-state index in [4.69, 9.17) is 0 Å². The molecule has 130 valence electrons. The van der Waals surface area contributed by atoms with Crippen molar-refractivity contribution < 1.29 is 22.2 Å². The smallest absolute Gasteiger partial charge is 0.243 e. The third kappa shape index (κ3) is 9.92. The van der Waals surface area contributed by atoms with Gasteiger partial charge in [-0.2, -0.15) is 0 Å². The second-order valence-electron chi connectivity index (χ2n) is 5.70. The fourth-order valence-electron chi connectivity index (χ4n) is 2.89. The Kier molecular flexibility index (Phi) is 10.3. The Balaban J connectivity index is 4.55. The summed E-state index contributed by atoms with van der Waals surface area (Å²) in [6.07, 6.45) is 4.47. The zero-order valence-corrected chi connectivity index (χ0v) is 14.7. The maximum absolute atomic E-state index is 11.1. The van der Waals surface area contributed by atoms with Crippen molar-refractivity contribution in [2.45, 2.75) is 39.5 Å². The number of rotatable bonds is 13. The molecule has 22 heavy (non-hydrogen) atoms. The molecule has 0 unspecified atom stereocenters. The molecule has 0 spiro atoms. The number of hydrogen-bond donors (Lipinski definition) is 1. The Morgan fingerprint density at radius 1 is 1.14 bits per heavy atom. The molecule has 0 aliphatic rings. The van der Waals surface area contributed by atoms with E-state index in [-0.39, 0.29) is 11.7 Å². The van der Waals surface area contributed by atoms with E-state index >= 15 is 0 Å². The minimum absolute atomic E-state index is 0.179. The Morgan fingerprint density at radius 2 is 1.68 bits per heavy atom. The highest BCUT2D eigenvalue weighted by molar-refractivity contribution is 7.85. The lowest BCUT2D eigenvalue weighted by Gasteiger charge is -2.39. The summed E-state index contributed by atoms with van der Waals surface area (Å²) in [5.74, 6) is -0.477. The molecule has 0 saturated carbocycles. The highest BCUT2D eigenvalue weighted by Gasteiger charge is 2.25. The molecule has 0 radical (unpaired) electrons. The highest BCUT2D eigenvalue weighted by atomic mass is 32.2. The largest absolute Gasteiger partial charge is 0.748 e. The number of carbonyl (C=O) groups excluding carboxylic acids is 1. The number of carbonyl (C=O) groups is 1. The summed E-state index contributed by atoms with van der Waals surface area (Å²) in [6.45, 7) is 11.7. The first-order valence-electron chi connectivity index (χ1n) is 7.97. The van der Waals surface area contributed by atoms with Crippen molar-refractivity contribution in [3.8, 4) is 0 Å². The predicted octanol–water partition coefficient (Wildman–Crippen LogP) is 1.25. The molecule has 1 N–H and O–H groups in total. The maximum atomic E-state index is 11.1. The molecule has 0 aliphatic carbocycles. The van der Waals surface area contributed by atoms with Crippen LogP contribution in [0.4, 0.5) is 0 Å². The first-order chi connectivity index (χ1) is 10.3. The first kappa shape index (κ1) is 21.1. The second kappa shape index (κ2) is 10.7. The fraction of sp³-hybridized carbons (Fsp3) is 0.800. The molecule has 1 amide bonds. The van der Waals surface area contributed by atoms with Crippen molar-refractivity contribution in [1.29, 1.82) is 0 Å². The van der Waals surface area contributed by atoms with Gasteiger partial charge in [-0.05, 0) is 18.9 Å². The number of nitrogens with one attached hydrogen (secondary N) is 1. The highest BCUT2D eigenvalue weighted by Crippen LogP contribution is 2.13. The molecule has 6 nitrogen and oxygen atoms in total. The molecule has 0 heterocycles. The molecule has 0 aromatic heterocycles. The van der Waals surface area contributed by atoms with Gasteiger partial charge in [0.1, 0.15) is 0 Å². The summed E-state index contributed by atoms with van der Waals surface area (Å²) < 4.78 is 33.2. The Labute approximate surface area is 134 Å². The van der Waals surface area contributed by atoms with Crippen LogP contribution in [0.3, 0.4) is 0 Å². The van der Waals surface area contributed by atoms with Crippen LogP contribution in [0, 0.1) is 0 Å². The summed E-state index contributed by atoms with van der Waals surface area (Å²) in [7, 11) is -4.14. The Bertz CT molecular complexity index is 429. The van der Waals surface area contributed by atoms with Crippen molar-refractivity contribution >= 4 is 16.0 Å². The maximum Gasteiger partial charge on any atom is 0.243 e. The van der Waals surface area contributed by atoms with Crippen molar-refractivity contribution in [3.63, 3.8) is 0 Å². The van der Waals surface area contributed by atoms with Gasteiger partial charge in [-0.15, -0.1) is 0 Å². The quantitative estimate of drug-likeness (QED) is 0.238. The molecule has 0 saturated heterocycles. The monoisotopic (exact) mass is 334 g/mol. The van der Waals surface area contributed by atoms with E-state index in [0.717, 1.165) is 43.4 Å². The molecule has 0 fully saturated rings. The molecular formula is C15H30N2O4S. The van der Waals surface area contributed by atoms with Crippen LogP contribution in [0.15, 0.2) is 12.7 Å². The van der Waals surface area contributed by atoms with Crippen LogP contribution in [0.2, 0.25) is 0 Å². The number of amides is 1. The summed E-state index contributed by atoms with van der Waals surface area (Å²) in [4.78, 5) is 11.1. The molecular weight excluding hydrogens is 304 g/mol. The molecule has 0 aromatic rings. The predicted molar refractivity (Wildman–Crippen MR) is 87.3 cm³/mol. The van der Waals surface area contributed by atoms with Crippen LogP contribution < -0.4 is 5.32 Å². The summed E-state index contributed by atoms with van der Waals surface area (Å²) in [6, 6.07) is 0. The molecule has 0 aromatic carbocycles. The van der Waals surface area contributed by atoms with Gasteiger partial charge in [0.25, 0.3) is 0 Å². The molecule has 0 bridgehead atoms. The summed E-state index contributed by atoms with van der Waals surface area (Å²) in [5, 5.41) is 2.76. The summed E-state index contributed by atoms with van der Waals surface area (Å²) in [5.41, 5.74) is 0. The SMILES string of the molecule is C=CC(=O)NCCC[N+](CCC)(CCC)CCCS(=O)(=O)[O-]. The van der Waals surface area contributed by atoms with Gasteiger partial charge in [-0.1, -0.05) is 20.4 Å². The normalized spacial score (nSPS) is 12.1. The zero-order valence-electron chi connectivity index (χ0n) is 13.8. The lowest BCUT2D eigenvalue weighted by atomic mass is 10.2. The average Bonchev–Trinajstić information content (AvgIpc) is 2.42. The van der Waals surface area contributed by atoms with E-state index in [0.29, 0.717) is 19.5 Å². The van der Waals surface area contributed by atoms with Gasteiger partial charge in [0.05, 0.1) is 36.3 Å². The minimum Gasteiger partial charge on any atom is -0.748 e. The topological polar surface area (TPSA) is 86.3 Å². The zero-order chi connectivity index (χ0) is 17.1. The molecule has 0 aliphatic heterocycles. The van der Waals surface area contributed by atoms with Crippen LogP contribution in [-0.2, 0) is 14.9 Å². The second-order valence-corrected chi connectivity index (χ2v) is 7.22. The molecule has 0 atom stereocenters. The number of nitrogens with zero attached hydrogens (tertiary/aromatic N) is 1. The third-order valence-corrected chi connectivity index (χ3v) is 4.51. The van der Waals surface area contributed by atoms with E-state index in [9.17, 15) is 17.8 Å². The van der Waals surface area contributed by atoms with E-state index in [1.54, 1.807) is 0 Å². The van der Waals surface area contributed by atoms with Crippen LogP contribution in [0.1, 0.15) is 39.5 Å². The van der Waals surface area contributed by atoms with Gasteiger partial charge in [0.15, 0.2) is 0 Å². The standard InChI is InChI=1S/C15H30N2O4S/c1-4-10-17(11-5-2,13-8-14-22(19,20)21)12-7-9-16-15(18)6-3/h6H,3-5,7-14H2,1-2H3,(H-,16,18,19,20,21). The van der Waals surface area contributed by atoms with E-state index < -0.39 is 10.1 Å². The lowest BCUT2D eigenvalue weighted by molar-refractivity contribution is -0.928. The minimum atomic E-state index is -4.14. The van der Waals surface area contributed by atoms with Gasteiger partial charge in [-0.25, -0.2) is 8.42 Å². The van der Waals surface area contributed by atoms with E-state index in [1.807, 2.05) is 0 Å². The van der Waals surface area contributed by atoms with Crippen LogP contribution in [0.25, 0.3) is 0 Å². The van der Waals surface area contributed by atoms with Crippen LogP contribution >= 0.6 is 0 Å². The van der Waals surface area contributed by atoms with Crippen molar-refractivity contribution in [3.05, 3.63) is 12.7 Å². The Hall–Kier alpha value is -0.920. The van der Waals surface area contributed by atoms with Gasteiger partial charge < -0.3 is 14.4 Å². The van der Waals surface area contributed by atoms with Crippen molar-refractivity contribution in [1.82, 2.24) is 5.32 Å². The van der Waals surface area contributed by atoms with Crippen molar-refractivity contribution in [2.75, 3.05) is 38.5 Å². The Morgan fingerprint density at radius 3 is 2.14 bits per heavy atom. The van der Waals surface area contributed by atoms with Gasteiger partial charge in [0.2, 0.25) is 5.91 Å². The van der Waals surface area contributed by atoms with Gasteiger partial charge >= 0.3 is 0 Å². The van der Waals surface area contributed by atoms with Gasteiger partial charge in [-0.3, -0.25) is 4.79 Å². The number of quaternary nitrogens is 1. The molecule has 7 heteroatoms. The third-order valence-electron chi connectivity index (χ3n) is 3.72. The van der Waals surface area contributed by atoms with Crippen molar-refractivity contribution in [2.24, 2.45) is 0 Å². The van der Waals surface area contributed by atoms with Crippen LogP contribution in [-0.4, -0.2) is 61.8 Å². The fourth-order valence-corrected chi connectivity index (χ4v) is 3.38. The van der Waals surface area contributed by atoms with Gasteiger partial charge in [0, 0.05) is 25.1 Å². The average molecular weight is 334 g/mol. The first-order valence-corrected chi connectivity index (χ1v) is 9.55.